The van der Waals surface area contributed by atoms with Crippen LogP contribution in [0.25, 0.3) is 76.8 Å². The molecule has 0 heteroatoms. The molecule has 0 heterocycles. The Morgan fingerprint density at radius 3 is 1.74 bits per heavy atom. The topological polar surface area (TPSA) is 0 Å². The second-order valence-electron chi connectivity index (χ2n) is 17.9. The van der Waals surface area contributed by atoms with Crippen molar-refractivity contribution in [3.63, 3.8) is 0 Å². The normalized spacial score (nSPS) is 19.2. The fraction of sp³-hybridized carbons (Fsp3) is 0.138. The van der Waals surface area contributed by atoms with E-state index in [-0.39, 0.29) is 16.7 Å². The molecule has 8 aromatic carbocycles. The Morgan fingerprint density at radius 2 is 0.983 bits per heavy atom. The molecular formula is C58H44. The van der Waals surface area contributed by atoms with Gasteiger partial charge in [-0.3, -0.25) is 0 Å². The molecule has 0 aromatic heterocycles. The molecule has 12 rings (SSSR count). The van der Waals surface area contributed by atoms with Crippen molar-refractivity contribution >= 4 is 43.5 Å². The van der Waals surface area contributed by atoms with Crippen LogP contribution < -0.4 is 0 Å². The number of benzene rings is 8. The number of hydrogen-bond donors (Lipinski definition) is 0. The first-order valence-corrected chi connectivity index (χ1v) is 20.9. The quantitative estimate of drug-likeness (QED) is 0.158. The molecule has 0 nitrogen and oxygen atoms in total. The average Bonchev–Trinajstić information content (AvgIpc) is 3.64. The van der Waals surface area contributed by atoms with Crippen molar-refractivity contribution in [1.82, 2.24) is 0 Å². The van der Waals surface area contributed by atoms with Crippen molar-refractivity contribution in [2.75, 3.05) is 0 Å². The first kappa shape index (κ1) is 33.6. The van der Waals surface area contributed by atoms with E-state index < -0.39 is 0 Å². The molecule has 4 aliphatic carbocycles. The molecule has 0 saturated heterocycles. The van der Waals surface area contributed by atoms with Crippen molar-refractivity contribution in [2.24, 2.45) is 11.8 Å². The average molecular weight is 741 g/mol. The summed E-state index contributed by atoms with van der Waals surface area (Å²) < 4.78 is 0. The van der Waals surface area contributed by atoms with Gasteiger partial charge in [-0.1, -0.05) is 198 Å². The second kappa shape index (κ2) is 12.0. The Balaban J connectivity index is 1.06. The second-order valence-corrected chi connectivity index (χ2v) is 17.9. The SMILES string of the molecule is CC1(C)C2=C(c3ccccc31)C1C=CC=CC1C(c1c3ccccc3c(-c3cccc(-c4ccc5c(c4)-c4c(ccc6ccccc46)C5(C)C)c3)c3ccccc13)=C2. The van der Waals surface area contributed by atoms with Gasteiger partial charge >= 0.3 is 0 Å². The molecule has 8 aromatic rings. The maximum absolute atomic E-state index is 2.59. The highest BCUT2D eigenvalue weighted by atomic mass is 14.5. The molecule has 0 bridgehead atoms. The molecule has 0 fully saturated rings. The third-order valence-electron chi connectivity index (χ3n) is 14.3. The van der Waals surface area contributed by atoms with Crippen LogP contribution in [-0.4, -0.2) is 0 Å². The smallest absolute Gasteiger partial charge is 0.0159 e. The van der Waals surface area contributed by atoms with Gasteiger partial charge in [-0.05, 0) is 122 Å². The predicted molar refractivity (Wildman–Crippen MR) is 247 cm³/mol. The molecule has 0 saturated carbocycles. The van der Waals surface area contributed by atoms with Crippen LogP contribution in [0.4, 0.5) is 0 Å². The van der Waals surface area contributed by atoms with E-state index in [0.29, 0.717) is 5.92 Å². The third-order valence-corrected chi connectivity index (χ3v) is 14.3. The van der Waals surface area contributed by atoms with Gasteiger partial charge in [-0.2, -0.15) is 0 Å². The molecule has 0 aliphatic heterocycles. The highest BCUT2D eigenvalue weighted by molar-refractivity contribution is 6.20. The standard InChI is InChI=1S/C58H44/c1-57(2)50-30-29-37(33-48(50)55-39-19-6-5-16-35(39)28-31-51(55)57)36-17-15-18-38(32-36)53-42-22-9-11-24-44(42)54(45-25-12-10-23-43(45)53)47-34-52-56(41-21-8-7-20-40(41)47)46-26-13-14-27-49(46)58(52,3)4/h5-34,40-41H,1-4H3. The summed E-state index contributed by atoms with van der Waals surface area (Å²) in [4.78, 5) is 0. The van der Waals surface area contributed by atoms with Crippen molar-refractivity contribution in [1.29, 1.82) is 0 Å². The summed E-state index contributed by atoms with van der Waals surface area (Å²) in [6.07, 6.45) is 12.0. The highest BCUT2D eigenvalue weighted by Crippen LogP contribution is 2.58. The summed E-state index contributed by atoms with van der Waals surface area (Å²) in [6.45, 7) is 9.59. The molecule has 0 amide bonds. The zero-order valence-corrected chi connectivity index (χ0v) is 33.5. The monoisotopic (exact) mass is 740 g/mol. The minimum absolute atomic E-state index is 0.0538. The molecule has 58 heavy (non-hydrogen) atoms. The Morgan fingerprint density at radius 1 is 0.397 bits per heavy atom. The number of fused-ring (bicyclic) bond motifs is 11. The number of allylic oxidation sites excluding steroid dienone is 8. The van der Waals surface area contributed by atoms with Crippen molar-refractivity contribution in [3.05, 3.63) is 215 Å². The minimum atomic E-state index is -0.0778. The van der Waals surface area contributed by atoms with Gasteiger partial charge in [0.1, 0.15) is 0 Å². The molecule has 0 spiro atoms. The first-order chi connectivity index (χ1) is 28.3. The summed E-state index contributed by atoms with van der Waals surface area (Å²) in [5.41, 5.74) is 19.1. The van der Waals surface area contributed by atoms with E-state index in [4.69, 9.17) is 0 Å². The molecular weight excluding hydrogens is 697 g/mol. The molecule has 2 atom stereocenters. The molecule has 0 radical (unpaired) electrons. The fourth-order valence-corrected chi connectivity index (χ4v) is 11.5. The first-order valence-electron chi connectivity index (χ1n) is 20.9. The summed E-state index contributed by atoms with van der Waals surface area (Å²) in [5.74, 6) is 0.540. The largest absolute Gasteiger partial charge is 0.0761 e. The van der Waals surface area contributed by atoms with E-state index in [1.807, 2.05) is 0 Å². The van der Waals surface area contributed by atoms with Crippen molar-refractivity contribution in [3.8, 4) is 33.4 Å². The fourth-order valence-electron chi connectivity index (χ4n) is 11.5. The summed E-state index contributed by atoms with van der Waals surface area (Å²) >= 11 is 0. The Hall–Kier alpha value is -6.50. The Kier molecular flexibility index (Phi) is 6.96. The van der Waals surface area contributed by atoms with Crippen LogP contribution in [0.3, 0.4) is 0 Å². The predicted octanol–water partition coefficient (Wildman–Crippen LogP) is 15.3. The van der Waals surface area contributed by atoms with Crippen LogP contribution in [0, 0.1) is 11.8 Å². The zero-order chi connectivity index (χ0) is 38.9. The van der Waals surface area contributed by atoms with E-state index in [9.17, 15) is 0 Å². The van der Waals surface area contributed by atoms with Gasteiger partial charge in [0.2, 0.25) is 0 Å². The lowest BCUT2D eigenvalue weighted by Crippen LogP contribution is -2.23. The van der Waals surface area contributed by atoms with Crippen LogP contribution >= 0.6 is 0 Å². The van der Waals surface area contributed by atoms with E-state index in [0.717, 1.165) is 0 Å². The van der Waals surface area contributed by atoms with E-state index in [1.54, 1.807) is 0 Å². The van der Waals surface area contributed by atoms with E-state index in [1.165, 1.54) is 110 Å². The van der Waals surface area contributed by atoms with Crippen LogP contribution in [0.5, 0.6) is 0 Å². The lowest BCUT2D eigenvalue weighted by Gasteiger charge is -2.36. The maximum Gasteiger partial charge on any atom is 0.0159 e. The summed E-state index contributed by atoms with van der Waals surface area (Å²) in [5, 5.41) is 7.86. The summed E-state index contributed by atoms with van der Waals surface area (Å²) in [6, 6.07) is 57.4. The number of rotatable bonds is 3. The van der Waals surface area contributed by atoms with Gasteiger partial charge in [0.25, 0.3) is 0 Å². The third kappa shape index (κ3) is 4.52. The molecule has 0 N–H and O–H groups in total. The molecule has 276 valence electrons. The summed E-state index contributed by atoms with van der Waals surface area (Å²) in [7, 11) is 0. The van der Waals surface area contributed by atoms with Crippen LogP contribution in [0.15, 0.2) is 188 Å². The van der Waals surface area contributed by atoms with Crippen LogP contribution in [-0.2, 0) is 10.8 Å². The lowest BCUT2D eigenvalue weighted by molar-refractivity contribution is 0.635. The van der Waals surface area contributed by atoms with Gasteiger partial charge in [-0.15, -0.1) is 0 Å². The van der Waals surface area contributed by atoms with Crippen molar-refractivity contribution < 1.29 is 0 Å². The van der Waals surface area contributed by atoms with Gasteiger partial charge in [0.15, 0.2) is 0 Å². The Bertz CT molecular complexity index is 3170. The minimum Gasteiger partial charge on any atom is -0.0761 e. The van der Waals surface area contributed by atoms with Crippen molar-refractivity contribution in [2.45, 2.75) is 38.5 Å². The molecule has 2 unspecified atom stereocenters. The van der Waals surface area contributed by atoms with Crippen LogP contribution in [0.2, 0.25) is 0 Å². The lowest BCUT2D eigenvalue weighted by atomic mass is 9.67. The highest BCUT2D eigenvalue weighted by Gasteiger charge is 2.44. The van der Waals surface area contributed by atoms with Crippen LogP contribution in [0.1, 0.15) is 55.5 Å². The van der Waals surface area contributed by atoms with Gasteiger partial charge < -0.3 is 0 Å². The van der Waals surface area contributed by atoms with Gasteiger partial charge in [0.05, 0.1) is 0 Å². The number of hydrogen-bond acceptors (Lipinski definition) is 0. The molecule has 4 aliphatic rings. The zero-order valence-electron chi connectivity index (χ0n) is 33.5. The Labute approximate surface area is 341 Å². The maximum atomic E-state index is 2.59. The van der Waals surface area contributed by atoms with E-state index in [2.05, 4.69) is 210 Å². The van der Waals surface area contributed by atoms with E-state index >= 15 is 0 Å². The van der Waals surface area contributed by atoms with Gasteiger partial charge in [0, 0.05) is 22.7 Å². The van der Waals surface area contributed by atoms with Gasteiger partial charge in [-0.25, -0.2) is 0 Å².